The Hall–Kier alpha value is -1.82. The molecule has 0 spiro atoms. The predicted octanol–water partition coefficient (Wildman–Crippen LogP) is 3.19. The number of benzene rings is 2. The van der Waals surface area contributed by atoms with Crippen LogP contribution in [-0.2, 0) is 0 Å². The summed E-state index contributed by atoms with van der Waals surface area (Å²) in [6, 6.07) is 21.2. The molecule has 0 saturated heterocycles. The highest BCUT2D eigenvalue weighted by Gasteiger charge is 1.92. The largest absolute Gasteiger partial charge is 0.108 e. The van der Waals surface area contributed by atoms with Gasteiger partial charge in [-0.25, -0.2) is 0 Å². The van der Waals surface area contributed by atoms with Crippen LogP contribution in [0, 0.1) is 5.53 Å². The molecule has 1 N–H and O–H groups in total. The van der Waals surface area contributed by atoms with Gasteiger partial charge in [-0.15, -0.1) is 5.53 Å². The fraction of sp³-hybridized carbons (Fsp3) is 0. The molecule has 0 aliphatic rings. The summed E-state index contributed by atoms with van der Waals surface area (Å²) in [4.78, 5) is 1.75. The van der Waals surface area contributed by atoms with Crippen LogP contribution in [0.5, 0.6) is 0 Å². The standard InChI is InChI=1S/C12H11P.HN3/c1-3-7-11(8-4-1)13-12-9-5-2-6-10-12;1-3-2/h1-10,13H;1H. The van der Waals surface area contributed by atoms with Gasteiger partial charge in [0.1, 0.15) is 0 Å². The molecule has 0 aliphatic carbocycles. The van der Waals surface area contributed by atoms with Gasteiger partial charge in [0.15, 0.2) is 0 Å². The first-order chi connectivity index (χ1) is 7.86. The van der Waals surface area contributed by atoms with Crippen molar-refractivity contribution < 1.29 is 0 Å². The van der Waals surface area contributed by atoms with E-state index in [1.165, 1.54) is 10.6 Å². The Morgan fingerprint density at radius 3 is 1.44 bits per heavy atom. The minimum Gasteiger partial charge on any atom is -0.108 e. The normalized spacial score (nSPS) is 8.50. The van der Waals surface area contributed by atoms with Crippen molar-refractivity contribution in [2.75, 3.05) is 0 Å². The molecular weight excluding hydrogens is 217 g/mol. The Labute approximate surface area is 96.3 Å². The lowest BCUT2D eigenvalue weighted by molar-refractivity contribution is 1.45. The van der Waals surface area contributed by atoms with Crippen LogP contribution in [0.15, 0.2) is 60.7 Å². The number of hydrogen-bond acceptors (Lipinski definition) is 1. The lowest BCUT2D eigenvalue weighted by Crippen LogP contribution is -2.01. The number of nitrogens with zero attached hydrogens (tertiary/aromatic N) is 2. The first kappa shape index (κ1) is 12.3. The molecule has 0 fully saturated rings. The van der Waals surface area contributed by atoms with E-state index in [0.717, 1.165) is 8.58 Å². The zero-order chi connectivity index (χ0) is 11.6. The summed E-state index contributed by atoms with van der Waals surface area (Å²) in [5, 5.41) is 2.79. The maximum absolute atomic E-state index is 6.86. The van der Waals surface area contributed by atoms with Crippen molar-refractivity contribution in [3.63, 3.8) is 0 Å². The summed E-state index contributed by atoms with van der Waals surface area (Å²) in [5.74, 6) is 0. The van der Waals surface area contributed by atoms with Gasteiger partial charge in [-0.05, 0) is 21.1 Å². The Bertz CT molecular complexity index is 399. The molecule has 2 aromatic carbocycles. The van der Waals surface area contributed by atoms with Crippen LogP contribution in [-0.4, -0.2) is 0 Å². The maximum atomic E-state index is 6.86. The molecule has 2 aromatic rings. The molecule has 80 valence electrons. The monoisotopic (exact) mass is 229 g/mol. The molecule has 2 rings (SSSR count). The molecule has 0 atom stereocenters. The minimum absolute atomic E-state index is 0.777. The van der Waals surface area contributed by atoms with E-state index in [4.69, 9.17) is 11.1 Å². The quantitative estimate of drug-likeness (QED) is 0.356. The van der Waals surface area contributed by atoms with Crippen LogP contribution >= 0.6 is 8.58 Å². The van der Waals surface area contributed by atoms with Gasteiger partial charge in [0, 0.05) is 0 Å². The second-order valence-corrected chi connectivity index (χ2v) is 4.36. The second-order valence-electron chi connectivity index (χ2n) is 2.96. The second kappa shape index (κ2) is 7.47. The van der Waals surface area contributed by atoms with E-state index in [9.17, 15) is 0 Å². The van der Waals surface area contributed by atoms with Crippen LogP contribution in [0.2, 0.25) is 0 Å². The zero-order valence-corrected chi connectivity index (χ0v) is 9.67. The fourth-order valence-electron chi connectivity index (χ4n) is 1.21. The summed E-state index contributed by atoms with van der Waals surface area (Å²) in [6.07, 6.45) is 0. The highest BCUT2D eigenvalue weighted by molar-refractivity contribution is 7.55. The first-order valence-electron chi connectivity index (χ1n) is 4.74. The molecule has 16 heavy (non-hydrogen) atoms. The lowest BCUT2D eigenvalue weighted by Gasteiger charge is -2.00. The molecular formula is C12H12N3P. The Balaban J connectivity index is 0.000000386. The molecule has 4 heteroatoms. The summed E-state index contributed by atoms with van der Waals surface area (Å²) in [6.45, 7) is 0. The van der Waals surface area contributed by atoms with E-state index < -0.39 is 0 Å². The van der Waals surface area contributed by atoms with E-state index in [-0.39, 0.29) is 0 Å². The van der Waals surface area contributed by atoms with E-state index >= 15 is 0 Å². The summed E-state index contributed by atoms with van der Waals surface area (Å²) in [5.41, 5.74) is 12.2. The third-order valence-corrected chi connectivity index (χ3v) is 3.08. The van der Waals surface area contributed by atoms with Gasteiger partial charge in [0.25, 0.3) is 0 Å². The van der Waals surface area contributed by atoms with Crippen molar-refractivity contribution in [2.45, 2.75) is 0 Å². The molecule has 0 saturated carbocycles. The summed E-state index contributed by atoms with van der Waals surface area (Å²) >= 11 is 0. The van der Waals surface area contributed by atoms with Gasteiger partial charge in [0.05, 0.1) is 0 Å². The van der Waals surface area contributed by atoms with Gasteiger partial charge >= 0.3 is 0 Å². The smallest absolute Gasteiger partial charge is 0.00208 e. The molecule has 0 heterocycles. The average molecular weight is 229 g/mol. The van der Waals surface area contributed by atoms with Gasteiger partial charge in [-0.2, -0.15) is 0 Å². The van der Waals surface area contributed by atoms with Crippen LogP contribution in [0.4, 0.5) is 0 Å². The summed E-state index contributed by atoms with van der Waals surface area (Å²) in [7, 11) is 0.777. The van der Waals surface area contributed by atoms with Crippen molar-refractivity contribution in [1.29, 1.82) is 5.53 Å². The van der Waals surface area contributed by atoms with Gasteiger partial charge in [-0.3, -0.25) is 0 Å². The fourth-order valence-corrected chi connectivity index (χ4v) is 2.26. The molecule has 0 unspecified atom stereocenters. The number of nitrogens with one attached hydrogen (secondary N) is 1. The average Bonchev–Trinajstić information content (AvgIpc) is 2.33. The van der Waals surface area contributed by atoms with E-state index in [0.29, 0.717) is 0 Å². The van der Waals surface area contributed by atoms with E-state index in [1.54, 1.807) is 4.91 Å². The summed E-state index contributed by atoms with van der Waals surface area (Å²) < 4.78 is 0. The lowest BCUT2D eigenvalue weighted by atomic mass is 10.4. The Morgan fingerprint density at radius 1 is 0.812 bits per heavy atom. The van der Waals surface area contributed by atoms with Crippen molar-refractivity contribution in [3.05, 3.63) is 71.1 Å². The molecule has 0 bridgehead atoms. The maximum Gasteiger partial charge on any atom is -0.00208 e. The van der Waals surface area contributed by atoms with Gasteiger partial charge in [0.2, 0.25) is 0 Å². The highest BCUT2D eigenvalue weighted by atomic mass is 31.1. The zero-order valence-electron chi connectivity index (χ0n) is 8.67. The molecule has 0 radical (unpaired) electrons. The SMILES string of the molecule is [N-]=[N+]=N.c1ccc(Pc2ccccc2)cc1. The van der Waals surface area contributed by atoms with Crippen molar-refractivity contribution in [1.82, 2.24) is 0 Å². The third-order valence-electron chi connectivity index (χ3n) is 1.84. The van der Waals surface area contributed by atoms with Crippen LogP contribution in [0.1, 0.15) is 0 Å². The third kappa shape index (κ3) is 4.61. The van der Waals surface area contributed by atoms with Crippen molar-refractivity contribution in [2.24, 2.45) is 0 Å². The molecule has 3 nitrogen and oxygen atoms in total. The van der Waals surface area contributed by atoms with Gasteiger partial charge < -0.3 is 0 Å². The predicted molar refractivity (Wildman–Crippen MR) is 69.9 cm³/mol. The minimum atomic E-state index is 0.777. The van der Waals surface area contributed by atoms with Crippen LogP contribution < -0.4 is 10.6 Å². The van der Waals surface area contributed by atoms with Gasteiger partial charge in [-0.1, -0.05) is 69.2 Å². The first-order valence-corrected chi connectivity index (χ1v) is 5.74. The van der Waals surface area contributed by atoms with Crippen LogP contribution in [0.25, 0.3) is 10.4 Å². The Kier molecular flexibility index (Phi) is 5.72. The number of hydrogen-bond donors (Lipinski definition) is 1. The van der Waals surface area contributed by atoms with Crippen LogP contribution in [0.3, 0.4) is 0 Å². The Morgan fingerprint density at radius 2 is 1.12 bits per heavy atom. The topological polar surface area (TPSA) is 60.3 Å². The highest BCUT2D eigenvalue weighted by Crippen LogP contribution is 2.08. The van der Waals surface area contributed by atoms with E-state index in [2.05, 4.69) is 60.7 Å². The van der Waals surface area contributed by atoms with Crippen molar-refractivity contribution in [3.8, 4) is 0 Å². The molecule has 0 amide bonds. The molecule has 0 aliphatic heterocycles. The van der Waals surface area contributed by atoms with Crippen molar-refractivity contribution >= 4 is 19.2 Å². The number of rotatable bonds is 2. The molecule has 0 aromatic heterocycles. The van der Waals surface area contributed by atoms with E-state index in [1.807, 2.05) is 0 Å².